The average molecular weight is 1060 g/mol. The van der Waals surface area contributed by atoms with Gasteiger partial charge >= 0.3 is 17.9 Å². The topological polar surface area (TPSA) is 78.9 Å². The highest BCUT2D eigenvalue weighted by molar-refractivity contribution is 5.71. The molecule has 0 radical (unpaired) electrons. The van der Waals surface area contributed by atoms with Crippen LogP contribution in [-0.4, -0.2) is 37.2 Å². The first-order valence-electron chi connectivity index (χ1n) is 33.3. The molecule has 0 saturated carbocycles. The number of unbranched alkanes of at least 4 members (excludes halogenated alkanes) is 40. The lowest BCUT2D eigenvalue weighted by Gasteiger charge is -2.18. The fourth-order valence-electron chi connectivity index (χ4n) is 9.72. The quantitative estimate of drug-likeness (QED) is 0.0261. The molecule has 1 atom stereocenters. The van der Waals surface area contributed by atoms with Crippen LogP contribution in [0.15, 0.2) is 60.8 Å². The van der Waals surface area contributed by atoms with Crippen molar-refractivity contribution in [3.8, 4) is 0 Å². The summed E-state index contributed by atoms with van der Waals surface area (Å²) in [7, 11) is 0. The zero-order valence-electron chi connectivity index (χ0n) is 50.8. The molecular weight excluding hydrogens is 937 g/mol. The lowest BCUT2D eigenvalue weighted by molar-refractivity contribution is -0.167. The summed E-state index contributed by atoms with van der Waals surface area (Å²) in [6.07, 6.45) is 82.3. The number of esters is 3. The van der Waals surface area contributed by atoms with Crippen LogP contribution in [0.5, 0.6) is 0 Å². The number of rotatable bonds is 61. The fraction of sp³-hybridized carbons (Fsp3) is 0.814. The fourth-order valence-corrected chi connectivity index (χ4v) is 9.72. The average Bonchev–Trinajstić information content (AvgIpc) is 3.42. The van der Waals surface area contributed by atoms with Gasteiger partial charge in [-0.25, -0.2) is 0 Å². The van der Waals surface area contributed by atoms with E-state index in [1.54, 1.807) is 0 Å². The Morgan fingerprint density at radius 3 is 0.763 bits per heavy atom. The zero-order valence-corrected chi connectivity index (χ0v) is 50.8. The van der Waals surface area contributed by atoms with Crippen molar-refractivity contribution in [1.29, 1.82) is 0 Å². The van der Waals surface area contributed by atoms with Gasteiger partial charge in [-0.3, -0.25) is 14.4 Å². The summed E-state index contributed by atoms with van der Waals surface area (Å²) >= 11 is 0. The van der Waals surface area contributed by atoms with Gasteiger partial charge in [0.25, 0.3) is 0 Å². The summed E-state index contributed by atoms with van der Waals surface area (Å²) in [5, 5.41) is 0. The molecule has 0 aromatic carbocycles. The van der Waals surface area contributed by atoms with Crippen molar-refractivity contribution in [2.75, 3.05) is 13.2 Å². The molecule has 0 amide bonds. The summed E-state index contributed by atoms with van der Waals surface area (Å²) < 4.78 is 16.9. The maximum atomic E-state index is 12.9. The van der Waals surface area contributed by atoms with Crippen molar-refractivity contribution in [1.82, 2.24) is 0 Å². The third kappa shape index (κ3) is 62.0. The lowest BCUT2D eigenvalue weighted by Crippen LogP contribution is -2.30. The van der Waals surface area contributed by atoms with Crippen LogP contribution in [0, 0.1) is 0 Å². The van der Waals surface area contributed by atoms with E-state index < -0.39 is 6.10 Å². The predicted octanol–water partition coefficient (Wildman–Crippen LogP) is 22.7. The van der Waals surface area contributed by atoms with E-state index in [-0.39, 0.29) is 31.1 Å². The summed E-state index contributed by atoms with van der Waals surface area (Å²) in [5.41, 5.74) is 0. The molecule has 0 rings (SSSR count). The van der Waals surface area contributed by atoms with Crippen LogP contribution >= 0.6 is 0 Å². The first-order chi connectivity index (χ1) is 37.5. The van der Waals surface area contributed by atoms with Crippen LogP contribution < -0.4 is 0 Å². The first kappa shape index (κ1) is 73.1. The molecule has 1 unspecified atom stereocenters. The number of hydrogen-bond acceptors (Lipinski definition) is 6. The van der Waals surface area contributed by atoms with Crippen molar-refractivity contribution in [3.05, 3.63) is 60.8 Å². The molecule has 0 aliphatic carbocycles. The summed E-state index contributed by atoms with van der Waals surface area (Å²) in [5.74, 6) is -0.872. The van der Waals surface area contributed by atoms with Crippen LogP contribution in [0.1, 0.15) is 348 Å². The van der Waals surface area contributed by atoms with Gasteiger partial charge in [0.2, 0.25) is 0 Å². The molecule has 0 heterocycles. The van der Waals surface area contributed by atoms with E-state index in [4.69, 9.17) is 14.2 Å². The van der Waals surface area contributed by atoms with E-state index in [1.165, 1.54) is 218 Å². The third-order valence-corrected chi connectivity index (χ3v) is 14.7. The van der Waals surface area contributed by atoms with Crippen LogP contribution in [-0.2, 0) is 28.6 Å². The van der Waals surface area contributed by atoms with Crippen molar-refractivity contribution in [2.24, 2.45) is 0 Å². The van der Waals surface area contributed by atoms with Crippen LogP contribution in [0.2, 0.25) is 0 Å². The molecule has 0 aromatic rings. The Labute approximate surface area is 472 Å². The normalized spacial score (nSPS) is 12.4. The second kappa shape index (κ2) is 64.6. The van der Waals surface area contributed by atoms with E-state index in [2.05, 4.69) is 81.5 Å². The maximum Gasteiger partial charge on any atom is 0.306 e. The molecule has 6 heteroatoms. The number of carbonyl (C=O) groups is 3. The Morgan fingerprint density at radius 1 is 0.263 bits per heavy atom. The number of carbonyl (C=O) groups excluding carboxylic acids is 3. The number of hydrogen-bond donors (Lipinski definition) is 0. The van der Waals surface area contributed by atoms with Crippen molar-refractivity contribution in [3.63, 3.8) is 0 Å². The smallest absolute Gasteiger partial charge is 0.306 e. The molecule has 0 aromatic heterocycles. The van der Waals surface area contributed by atoms with Gasteiger partial charge in [0, 0.05) is 19.3 Å². The molecule has 0 aliphatic heterocycles. The molecule has 0 spiro atoms. The lowest BCUT2D eigenvalue weighted by atomic mass is 10.0. The molecule has 442 valence electrons. The zero-order chi connectivity index (χ0) is 55.0. The van der Waals surface area contributed by atoms with E-state index >= 15 is 0 Å². The van der Waals surface area contributed by atoms with E-state index in [0.717, 1.165) is 89.9 Å². The number of allylic oxidation sites excluding steroid dienone is 10. The first-order valence-corrected chi connectivity index (χ1v) is 33.3. The molecule has 6 nitrogen and oxygen atoms in total. The Morgan fingerprint density at radius 2 is 0.474 bits per heavy atom. The van der Waals surface area contributed by atoms with Gasteiger partial charge in [-0.05, 0) is 89.9 Å². The van der Waals surface area contributed by atoms with Gasteiger partial charge in [0.05, 0.1) is 0 Å². The monoisotopic (exact) mass is 1060 g/mol. The van der Waals surface area contributed by atoms with Gasteiger partial charge in [-0.1, -0.05) is 300 Å². The summed E-state index contributed by atoms with van der Waals surface area (Å²) in [6.45, 7) is 6.64. The molecule has 76 heavy (non-hydrogen) atoms. The van der Waals surface area contributed by atoms with Gasteiger partial charge in [-0.15, -0.1) is 0 Å². The SMILES string of the molecule is CCCCC/C=C\C/C=C\CCCCCCCC(=O)OCC(COC(=O)CCCCCCCCCCCCCC/C=C\C/C=C\C/C=C\CCCCCCC)OC(=O)CCCCCCCCCCCCCCCCCC. The summed E-state index contributed by atoms with van der Waals surface area (Å²) in [6, 6.07) is 0. The standard InChI is InChI=1S/C70H126O6/c1-4-7-10-13-16-19-22-25-28-30-31-32-33-34-35-36-37-38-39-40-43-45-48-51-54-57-60-63-69(72)75-66-67(65-74-68(71)62-59-56-53-50-47-44-41-27-24-21-18-15-12-9-6-3)76-70(73)64-61-58-55-52-49-46-42-29-26-23-20-17-14-11-8-5-2/h18,21-22,25,27,30-31,33-34,41,67H,4-17,19-20,23-24,26,28-29,32,35-40,42-66H2,1-3H3/b21-18-,25-22-,31-30-,34-33-,41-27-. The van der Waals surface area contributed by atoms with Gasteiger partial charge in [-0.2, -0.15) is 0 Å². The summed E-state index contributed by atoms with van der Waals surface area (Å²) in [4.78, 5) is 38.3. The predicted molar refractivity (Wildman–Crippen MR) is 330 cm³/mol. The Bertz CT molecular complexity index is 1360. The molecular formula is C70H126O6. The molecule has 0 aliphatic rings. The highest BCUT2D eigenvalue weighted by Crippen LogP contribution is 2.17. The van der Waals surface area contributed by atoms with Crippen LogP contribution in [0.3, 0.4) is 0 Å². The second-order valence-electron chi connectivity index (χ2n) is 22.4. The highest BCUT2D eigenvalue weighted by atomic mass is 16.6. The Balaban J connectivity index is 4.27. The van der Waals surface area contributed by atoms with E-state index in [9.17, 15) is 14.4 Å². The number of ether oxygens (including phenoxy) is 3. The van der Waals surface area contributed by atoms with Crippen LogP contribution in [0.25, 0.3) is 0 Å². The third-order valence-electron chi connectivity index (χ3n) is 14.7. The maximum absolute atomic E-state index is 12.9. The van der Waals surface area contributed by atoms with E-state index in [1.807, 2.05) is 0 Å². The molecule has 0 N–H and O–H groups in total. The van der Waals surface area contributed by atoms with E-state index in [0.29, 0.717) is 19.3 Å². The van der Waals surface area contributed by atoms with Crippen molar-refractivity contribution < 1.29 is 28.6 Å². The van der Waals surface area contributed by atoms with Gasteiger partial charge in [0.15, 0.2) is 6.10 Å². The van der Waals surface area contributed by atoms with Gasteiger partial charge in [0.1, 0.15) is 13.2 Å². The van der Waals surface area contributed by atoms with Gasteiger partial charge < -0.3 is 14.2 Å². The minimum Gasteiger partial charge on any atom is -0.462 e. The largest absolute Gasteiger partial charge is 0.462 e. The highest BCUT2D eigenvalue weighted by Gasteiger charge is 2.19. The minimum absolute atomic E-state index is 0.0762. The van der Waals surface area contributed by atoms with Crippen molar-refractivity contribution >= 4 is 17.9 Å². The molecule has 0 fully saturated rings. The van der Waals surface area contributed by atoms with Crippen LogP contribution in [0.4, 0.5) is 0 Å². The minimum atomic E-state index is -0.779. The van der Waals surface area contributed by atoms with Crippen molar-refractivity contribution in [2.45, 2.75) is 354 Å². The molecule has 0 saturated heterocycles. The Kier molecular flexibility index (Phi) is 62.2. The second-order valence-corrected chi connectivity index (χ2v) is 22.4. The molecule has 0 bridgehead atoms. The Hall–Kier alpha value is -2.89.